The summed E-state index contributed by atoms with van der Waals surface area (Å²) in [6.07, 6.45) is 4.39. The molecule has 27 heavy (non-hydrogen) atoms. The molecule has 0 aliphatic heterocycles. The maximum absolute atomic E-state index is 12.2. The highest BCUT2D eigenvalue weighted by atomic mass is 35.5. The molecule has 0 N–H and O–H groups in total. The Labute approximate surface area is 167 Å². The zero-order chi connectivity index (χ0) is 19.2. The number of halogens is 1. The van der Waals surface area contributed by atoms with Crippen LogP contribution in [0.2, 0.25) is 5.02 Å². The lowest BCUT2D eigenvalue weighted by Gasteiger charge is -2.28. The SMILES string of the molecule is CN(C)Cc1ccc([C@H]2CC[C@H](OC(=O)Cc3ccc(Cl)cc3)CC2)cc1. The van der Waals surface area contributed by atoms with E-state index in [0.29, 0.717) is 17.4 Å². The minimum absolute atomic E-state index is 0.0501. The fourth-order valence-electron chi connectivity index (χ4n) is 3.77. The second-order valence-corrected chi connectivity index (χ2v) is 8.18. The van der Waals surface area contributed by atoms with E-state index in [1.54, 1.807) is 12.1 Å². The second kappa shape index (κ2) is 9.38. The van der Waals surface area contributed by atoms with Gasteiger partial charge in [0.15, 0.2) is 0 Å². The van der Waals surface area contributed by atoms with Crippen LogP contribution in [0.15, 0.2) is 48.5 Å². The molecule has 0 saturated heterocycles. The van der Waals surface area contributed by atoms with Crippen LogP contribution in [0, 0.1) is 0 Å². The summed E-state index contributed by atoms with van der Waals surface area (Å²) in [6, 6.07) is 16.3. The van der Waals surface area contributed by atoms with Gasteiger partial charge in [-0.2, -0.15) is 0 Å². The third-order valence-electron chi connectivity index (χ3n) is 5.18. The molecule has 0 radical (unpaired) electrons. The van der Waals surface area contributed by atoms with Gasteiger partial charge in [0, 0.05) is 11.6 Å². The maximum atomic E-state index is 12.2. The summed E-state index contributed by atoms with van der Waals surface area (Å²) in [5, 5.41) is 0.681. The maximum Gasteiger partial charge on any atom is 0.310 e. The van der Waals surface area contributed by atoms with Gasteiger partial charge < -0.3 is 9.64 Å². The summed E-state index contributed by atoms with van der Waals surface area (Å²) in [4.78, 5) is 14.4. The topological polar surface area (TPSA) is 29.5 Å². The average Bonchev–Trinajstić information content (AvgIpc) is 2.64. The van der Waals surface area contributed by atoms with Crippen molar-refractivity contribution < 1.29 is 9.53 Å². The molecule has 0 unspecified atom stereocenters. The molecule has 0 heterocycles. The molecule has 144 valence electrons. The number of carbonyl (C=O) groups excluding carboxylic acids is 1. The molecular weight excluding hydrogens is 358 g/mol. The van der Waals surface area contributed by atoms with Crippen LogP contribution in [0.25, 0.3) is 0 Å². The molecule has 0 atom stereocenters. The van der Waals surface area contributed by atoms with Crippen LogP contribution < -0.4 is 0 Å². The highest BCUT2D eigenvalue weighted by Crippen LogP contribution is 2.34. The van der Waals surface area contributed by atoms with Crippen molar-refractivity contribution in [2.45, 2.75) is 50.7 Å². The Morgan fingerprint density at radius 2 is 1.56 bits per heavy atom. The number of hydrogen-bond acceptors (Lipinski definition) is 3. The Balaban J connectivity index is 1.45. The third kappa shape index (κ3) is 6.08. The van der Waals surface area contributed by atoms with Crippen molar-refractivity contribution in [2.75, 3.05) is 14.1 Å². The standard InChI is InChI=1S/C23H28ClNO2/c1-25(2)16-18-3-7-19(8-4-18)20-9-13-22(14-10-20)27-23(26)15-17-5-11-21(24)12-6-17/h3-8,11-12,20,22H,9-10,13-16H2,1-2H3/t20-,22-. The molecule has 4 heteroatoms. The molecule has 2 aromatic carbocycles. The van der Waals surface area contributed by atoms with Crippen molar-refractivity contribution in [3.05, 3.63) is 70.2 Å². The minimum atomic E-state index is -0.145. The van der Waals surface area contributed by atoms with Crippen molar-refractivity contribution in [1.82, 2.24) is 4.90 Å². The Morgan fingerprint density at radius 3 is 2.15 bits per heavy atom. The molecule has 1 aliphatic carbocycles. The molecular formula is C23H28ClNO2. The van der Waals surface area contributed by atoms with E-state index < -0.39 is 0 Å². The van der Waals surface area contributed by atoms with Gasteiger partial charge in [0.25, 0.3) is 0 Å². The Morgan fingerprint density at radius 1 is 0.963 bits per heavy atom. The number of nitrogens with zero attached hydrogens (tertiary/aromatic N) is 1. The van der Waals surface area contributed by atoms with E-state index in [1.807, 2.05) is 12.1 Å². The zero-order valence-corrected chi connectivity index (χ0v) is 16.9. The van der Waals surface area contributed by atoms with Crippen LogP contribution in [0.4, 0.5) is 0 Å². The molecule has 1 saturated carbocycles. The van der Waals surface area contributed by atoms with E-state index >= 15 is 0 Å². The van der Waals surface area contributed by atoms with Gasteiger partial charge >= 0.3 is 5.97 Å². The molecule has 0 amide bonds. The van der Waals surface area contributed by atoms with E-state index in [1.165, 1.54) is 11.1 Å². The zero-order valence-electron chi connectivity index (χ0n) is 16.2. The first-order chi connectivity index (χ1) is 13.0. The van der Waals surface area contributed by atoms with Crippen LogP contribution in [-0.4, -0.2) is 31.1 Å². The molecule has 0 aromatic heterocycles. The van der Waals surface area contributed by atoms with Gasteiger partial charge in [-0.25, -0.2) is 0 Å². The van der Waals surface area contributed by atoms with Crippen LogP contribution in [-0.2, 0) is 22.5 Å². The molecule has 2 aromatic rings. The summed E-state index contributed by atoms with van der Waals surface area (Å²) in [7, 11) is 4.17. The summed E-state index contributed by atoms with van der Waals surface area (Å²) in [6.45, 7) is 0.969. The summed E-state index contributed by atoms with van der Waals surface area (Å²) in [5.74, 6) is 0.429. The summed E-state index contributed by atoms with van der Waals surface area (Å²) < 4.78 is 5.70. The fraction of sp³-hybridized carbons (Fsp3) is 0.435. The van der Waals surface area contributed by atoms with E-state index in [0.717, 1.165) is 37.8 Å². The quantitative estimate of drug-likeness (QED) is 0.639. The largest absolute Gasteiger partial charge is 0.462 e. The van der Waals surface area contributed by atoms with Gasteiger partial charge in [0.2, 0.25) is 0 Å². The van der Waals surface area contributed by atoms with Gasteiger partial charge in [-0.15, -0.1) is 0 Å². The van der Waals surface area contributed by atoms with E-state index in [-0.39, 0.29) is 12.1 Å². The van der Waals surface area contributed by atoms with E-state index in [2.05, 4.69) is 43.3 Å². The molecule has 1 fully saturated rings. The average molecular weight is 386 g/mol. The van der Waals surface area contributed by atoms with Gasteiger partial charge in [-0.3, -0.25) is 4.79 Å². The Bertz CT molecular complexity index is 732. The lowest BCUT2D eigenvalue weighted by Crippen LogP contribution is -2.24. The highest BCUT2D eigenvalue weighted by molar-refractivity contribution is 6.30. The summed E-state index contributed by atoms with van der Waals surface area (Å²) >= 11 is 5.88. The third-order valence-corrected chi connectivity index (χ3v) is 5.44. The number of rotatable bonds is 6. The van der Waals surface area contributed by atoms with E-state index in [9.17, 15) is 4.79 Å². The second-order valence-electron chi connectivity index (χ2n) is 7.75. The number of esters is 1. The van der Waals surface area contributed by atoms with Crippen molar-refractivity contribution in [3.63, 3.8) is 0 Å². The molecule has 1 aliphatic rings. The minimum Gasteiger partial charge on any atom is -0.462 e. The van der Waals surface area contributed by atoms with Gasteiger partial charge in [0.05, 0.1) is 6.42 Å². The van der Waals surface area contributed by atoms with Crippen LogP contribution in [0.1, 0.15) is 48.3 Å². The first kappa shape index (κ1) is 19.9. The van der Waals surface area contributed by atoms with Gasteiger partial charge in [-0.05, 0) is 74.5 Å². The lowest BCUT2D eigenvalue weighted by atomic mass is 9.82. The molecule has 0 spiro atoms. The van der Waals surface area contributed by atoms with Crippen molar-refractivity contribution in [2.24, 2.45) is 0 Å². The predicted octanol–water partition coefficient (Wildman–Crippen LogP) is 5.21. The fourth-order valence-corrected chi connectivity index (χ4v) is 3.90. The van der Waals surface area contributed by atoms with Crippen molar-refractivity contribution >= 4 is 17.6 Å². The highest BCUT2D eigenvalue weighted by Gasteiger charge is 2.25. The Hall–Kier alpha value is -1.84. The van der Waals surface area contributed by atoms with Crippen molar-refractivity contribution in [1.29, 1.82) is 0 Å². The van der Waals surface area contributed by atoms with Crippen LogP contribution in [0.3, 0.4) is 0 Å². The van der Waals surface area contributed by atoms with E-state index in [4.69, 9.17) is 16.3 Å². The monoisotopic (exact) mass is 385 g/mol. The predicted molar refractivity (Wildman–Crippen MR) is 110 cm³/mol. The molecule has 0 bridgehead atoms. The normalized spacial score (nSPS) is 19.9. The lowest BCUT2D eigenvalue weighted by molar-refractivity contribution is -0.149. The molecule has 3 rings (SSSR count). The summed E-state index contributed by atoms with van der Waals surface area (Å²) in [5.41, 5.74) is 3.69. The van der Waals surface area contributed by atoms with Gasteiger partial charge in [0.1, 0.15) is 6.10 Å². The number of carbonyl (C=O) groups is 1. The number of benzene rings is 2. The van der Waals surface area contributed by atoms with Gasteiger partial charge in [-0.1, -0.05) is 48.0 Å². The van der Waals surface area contributed by atoms with Crippen molar-refractivity contribution in [3.8, 4) is 0 Å². The first-order valence-corrected chi connectivity index (χ1v) is 10.0. The van der Waals surface area contributed by atoms with Crippen LogP contribution >= 0.6 is 11.6 Å². The Kier molecular flexibility index (Phi) is 6.92. The molecule has 3 nitrogen and oxygen atoms in total. The van der Waals surface area contributed by atoms with Crippen LogP contribution in [0.5, 0.6) is 0 Å². The number of hydrogen-bond donors (Lipinski definition) is 0. The first-order valence-electron chi connectivity index (χ1n) is 9.67. The number of ether oxygens (including phenoxy) is 1. The smallest absolute Gasteiger partial charge is 0.310 e.